The summed E-state index contributed by atoms with van der Waals surface area (Å²) in [4.78, 5) is 24.3. The van der Waals surface area contributed by atoms with Gasteiger partial charge in [-0.1, -0.05) is 18.2 Å². The molecule has 0 saturated heterocycles. The molecule has 2 aromatic rings. The number of carbonyl (C=O) groups excluding carboxylic acids is 1. The van der Waals surface area contributed by atoms with Crippen LogP contribution in [0.1, 0.15) is 35.2 Å². The van der Waals surface area contributed by atoms with Crippen molar-refractivity contribution in [1.29, 1.82) is 0 Å². The van der Waals surface area contributed by atoms with Crippen molar-refractivity contribution < 1.29 is 28.1 Å². The summed E-state index contributed by atoms with van der Waals surface area (Å²) < 4.78 is 33.0. The summed E-state index contributed by atoms with van der Waals surface area (Å²) in [5, 5.41) is 2.69. The van der Waals surface area contributed by atoms with Gasteiger partial charge in [0.25, 0.3) is 5.91 Å². The van der Waals surface area contributed by atoms with Crippen molar-refractivity contribution in [3.63, 3.8) is 0 Å². The van der Waals surface area contributed by atoms with Crippen LogP contribution in [-0.2, 0) is 4.89 Å². The molecule has 1 N–H and O–H groups in total. The van der Waals surface area contributed by atoms with E-state index in [0.29, 0.717) is 6.42 Å². The smallest absolute Gasteiger partial charge is 0.261 e. The minimum atomic E-state index is -0.675. The fraction of sp³-hybridized carbons (Fsp3) is 0.348. The Hall–Kier alpha value is -2.97. The maximum absolute atomic E-state index is 14.1. The lowest BCUT2D eigenvalue weighted by Gasteiger charge is -2.30. The van der Waals surface area contributed by atoms with Crippen LogP contribution < -0.4 is 14.9 Å². The minimum Gasteiger partial charge on any atom is -0.466 e. The highest BCUT2D eigenvalue weighted by atomic mass is 19.1. The van der Waals surface area contributed by atoms with Crippen molar-refractivity contribution >= 4 is 11.5 Å². The molecule has 0 bridgehead atoms. The number of halogens is 2. The van der Waals surface area contributed by atoms with Gasteiger partial charge in [-0.15, -0.1) is 0 Å². The van der Waals surface area contributed by atoms with Gasteiger partial charge in [-0.05, 0) is 54.8 Å². The molecule has 0 spiro atoms. The number of ether oxygens (including phenoxy) is 1. The summed E-state index contributed by atoms with van der Waals surface area (Å²) in [6.45, 7) is 2.55. The molecule has 164 valence electrons. The van der Waals surface area contributed by atoms with E-state index in [2.05, 4.69) is 21.2 Å². The van der Waals surface area contributed by atoms with Crippen molar-refractivity contribution in [2.45, 2.75) is 25.5 Å². The summed E-state index contributed by atoms with van der Waals surface area (Å²) in [6, 6.07) is 9.08. The predicted octanol–water partition coefficient (Wildman–Crippen LogP) is 3.92. The average Bonchev–Trinajstić information content (AvgIpc) is 2.77. The zero-order valence-electron chi connectivity index (χ0n) is 17.2. The van der Waals surface area contributed by atoms with E-state index in [0.717, 1.165) is 44.1 Å². The molecule has 2 aromatic carbocycles. The van der Waals surface area contributed by atoms with Gasteiger partial charge in [-0.3, -0.25) is 9.69 Å². The van der Waals surface area contributed by atoms with Crippen LogP contribution in [0.5, 0.6) is 11.5 Å². The Labute approximate surface area is 179 Å². The lowest BCUT2D eigenvalue weighted by molar-refractivity contribution is -0.179. The van der Waals surface area contributed by atoms with Gasteiger partial charge in [0, 0.05) is 19.5 Å². The predicted molar refractivity (Wildman–Crippen MR) is 111 cm³/mol. The van der Waals surface area contributed by atoms with Gasteiger partial charge in [-0.25, -0.2) is 8.78 Å². The first-order valence-electron chi connectivity index (χ1n) is 10.2. The molecule has 2 aliphatic rings. The molecule has 1 amide bonds. The Kier molecular flexibility index (Phi) is 6.48. The molecule has 1 unspecified atom stereocenters. The van der Waals surface area contributed by atoms with Gasteiger partial charge in [-0.2, -0.15) is 4.89 Å². The zero-order chi connectivity index (χ0) is 21.8. The first kappa shape index (κ1) is 21.3. The topological polar surface area (TPSA) is 60.0 Å². The van der Waals surface area contributed by atoms with Crippen LogP contribution >= 0.6 is 0 Å². The Morgan fingerprint density at radius 3 is 2.71 bits per heavy atom. The fourth-order valence-electron chi connectivity index (χ4n) is 3.89. The number of nitrogens with one attached hydrogen (secondary N) is 1. The van der Waals surface area contributed by atoms with Gasteiger partial charge in [0.15, 0.2) is 12.0 Å². The van der Waals surface area contributed by atoms with Gasteiger partial charge < -0.3 is 14.9 Å². The van der Waals surface area contributed by atoms with E-state index in [-0.39, 0.29) is 22.9 Å². The van der Waals surface area contributed by atoms with Crippen LogP contribution in [0.4, 0.5) is 8.78 Å². The first-order chi connectivity index (χ1) is 15.0. The Morgan fingerprint density at radius 2 is 2.00 bits per heavy atom. The summed E-state index contributed by atoms with van der Waals surface area (Å²) in [7, 11) is 1.32. The third kappa shape index (κ3) is 4.86. The maximum atomic E-state index is 14.1. The number of hydrogen-bond donors (Lipinski definition) is 1. The summed E-state index contributed by atoms with van der Waals surface area (Å²) in [5.41, 5.74) is 2.10. The maximum Gasteiger partial charge on any atom is 0.261 e. The number of rotatable bonds is 7. The van der Waals surface area contributed by atoms with Gasteiger partial charge in [0.05, 0.1) is 7.11 Å². The van der Waals surface area contributed by atoms with Crippen LogP contribution in [0.3, 0.4) is 0 Å². The van der Waals surface area contributed by atoms with Crippen molar-refractivity contribution in [2.24, 2.45) is 0 Å². The second-order valence-corrected chi connectivity index (χ2v) is 7.51. The monoisotopic (exact) mass is 430 g/mol. The number of benzene rings is 2. The quantitative estimate of drug-likeness (QED) is 0.533. The highest BCUT2D eigenvalue weighted by Gasteiger charge is 2.31. The van der Waals surface area contributed by atoms with Crippen molar-refractivity contribution in [2.75, 3.05) is 26.7 Å². The van der Waals surface area contributed by atoms with Gasteiger partial charge in [0.1, 0.15) is 17.2 Å². The van der Waals surface area contributed by atoms with Crippen LogP contribution in [0.2, 0.25) is 0 Å². The van der Waals surface area contributed by atoms with E-state index in [1.165, 1.54) is 30.9 Å². The molecule has 31 heavy (non-hydrogen) atoms. The number of amides is 1. The highest BCUT2D eigenvalue weighted by molar-refractivity contribution is 5.99. The minimum absolute atomic E-state index is 0.0560. The molecular formula is C23H24F2N2O4. The molecule has 1 atom stereocenters. The number of hydrogen-bond acceptors (Lipinski definition) is 5. The molecule has 2 heterocycles. The van der Waals surface area contributed by atoms with Gasteiger partial charge >= 0.3 is 0 Å². The molecule has 4 rings (SSSR count). The Morgan fingerprint density at radius 1 is 1.19 bits per heavy atom. The third-order valence-electron chi connectivity index (χ3n) is 5.47. The van der Waals surface area contributed by atoms with Crippen LogP contribution in [0.25, 0.3) is 5.57 Å². The van der Waals surface area contributed by atoms with E-state index in [9.17, 15) is 13.6 Å². The SMILES string of the molecule is COOc1ccc(F)c2c1OC(CCCN1CC=C(c3ccc(F)cc3)CC1)NC2=O. The molecule has 6 nitrogen and oxygen atoms in total. The number of nitrogens with zero attached hydrogens (tertiary/aromatic N) is 1. The van der Waals surface area contributed by atoms with Crippen molar-refractivity contribution in [1.82, 2.24) is 10.2 Å². The molecule has 8 heteroatoms. The second-order valence-electron chi connectivity index (χ2n) is 7.51. The van der Waals surface area contributed by atoms with Crippen LogP contribution in [0, 0.1) is 11.6 Å². The Bertz CT molecular complexity index is 978. The second kappa shape index (κ2) is 9.45. The first-order valence-corrected chi connectivity index (χ1v) is 10.2. The zero-order valence-corrected chi connectivity index (χ0v) is 17.2. The third-order valence-corrected chi connectivity index (χ3v) is 5.47. The molecule has 2 aliphatic heterocycles. The molecule has 0 aromatic heterocycles. The Balaban J connectivity index is 1.31. The molecule has 0 saturated carbocycles. The van der Waals surface area contributed by atoms with Gasteiger partial charge in [0.2, 0.25) is 5.75 Å². The van der Waals surface area contributed by atoms with Crippen LogP contribution in [0.15, 0.2) is 42.5 Å². The summed E-state index contributed by atoms with van der Waals surface area (Å²) >= 11 is 0. The lowest BCUT2D eigenvalue weighted by Crippen LogP contribution is -2.44. The normalized spacial score (nSPS) is 18.6. The number of fused-ring (bicyclic) bond motifs is 1. The van der Waals surface area contributed by atoms with E-state index < -0.39 is 18.0 Å². The standard InChI is InChI=1S/C23H24F2N2O4/c1-29-31-19-9-8-18(25)21-22(19)30-20(26-23(21)28)3-2-12-27-13-10-16(11-14-27)15-4-6-17(24)7-5-15/h4-10,20H,2-3,11-14H2,1H3,(H,26,28). The fourth-order valence-corrected chi connectivity index (χ4v) is 3.89. The molecule has 0 radical (unpaired) electrons. The summed E-state index contributed by atoms with van der Waals surface area (Å²) in [5.74, 6) is -1.22. The average molecular weight is 430 g/mol. The highest BCUT2D eigenvalue weighted by Crippen LogP contribution is 2.36. The summed E-state index contributed by atoms with van der Waals surface area (Å²) in [6.07, 6.45) is 3.85. The lowest BCUT2D eigenvalue weighted by atomic mass is 9.99. The largest absolute Gasteiger partial charge is 0.466 e. The van der Waals surface area contributed by atoms with Crippen molar-refractivity contribution in [3.8, 4) is 11.5 Å². The van der Waals surface area contributed by atoms with E-state index in [4.69, 9.17) is 9.62 Å². The molecular weight excluding hydrogens is 406 g/mol. The van der Waals surface area contributed by atoms with E-state index in [1.54, 1.807) is 0 Å². The van der Waals surface area contributed by atoms with Crippen molar-refractivity contribution in [3.05, 3.63) is 65.2 Å². The van der Waals surface area contributed by atoms with Crippen LogP contribution in [-0.4, -0.2) is 43.8 Å². The number of carbonyl (C=O) groups is 1. The van der Waals surface area contributed by atoms with E-state index in [1.807, 2.05) is 12.1 Å². The van der Waals surface area contributed by atoms with E-state index >= 15 is 0 Å². The molecule has 0 aliphatic carbocycles. The molecule has 0 fully saturated rings.